The van der Waals surface area contributed by atoms with E-state index in [1.165, 1.54) is 0 Å². The van der Waals surface area contributed by atoms with Crippen LogP contribution in [0, 0.1) is 50.2 Å². The summed E-state index contributed by atoms with van der Waals surface area (Å²) in [6, 6.07) is 0. The maximum absolute atomic E-state index is 12.8. The molecule has 0 aromatic rings. The van der Waals surface area contributed by atoms with Gasteiger partial charge in [0.1, 0.15) is 122 Å². The van der Waals surface area contributed by atoms with Gasteiger partial charge in [0.05, 0.1) is 58.0 Å². The van der Waals surface area contributed by atoms with Gasteiger partial charge < -0.3 is 144 Å². The number of rotatable bonds is 16. The van der Waals surface area contributed by atoms with E-state index >= 15 is 0 Å². The SMILES string of the molecule is C=C1C[C@]2(C)C(=CC[C@@H]3[C@@]4(C)CC[C@@H](O[C@@H]5O[C@H](CO[C@H]6O[C@H](CO)[C@@H](O)[C@H](O)[C@H]6O)[C@@H](O)[C@H](O)[C@H]5O)C(C)(C)[C@@H]4CC[C@]32C)[C@@H]2CC(C)(C)[C@@H](O)[C@H](O)[C@]12CO[C@H]1O[C@@H](CO[C@H]2O[C@@H](CO)[C@H](O)[C@@H](O)[C@@H]2O)[C@H](O)[C@@H](O)[C@@H]1O[C@@H]1O[C@@H](CO)[C@H](O)[C@@H](O)[C@H]1O. The minimum Gasteiger partial charge on any atom is -0.394 e. The van der Waals surface area contributed by atoms with Crippen LogP contribution in [0.5, 0.6) is 0 Å². The van der Waals surface area contributed by atoms with Crippen molar-refractivity contribution in [3.8, 4) is 0 Å². The molecule has 10 rings (SSSR count). The maximum Gasteiger partial charge on any atom is 0.187 e. The first-order valence-electron chi connectivity index (χ1n) is 31.6. The van der Waals surface area contributed by atoms with Gasteiger partial charge >= 0.3 is 0 Å². The molecule has 518 valence electrons. The van der Waals surface area contributed by atoms with E-state index in [2.05, 4.69) is 40.7 Å². The second-order valence-corrected chi connectivity index (χ2v) is 29.4. The first-order chi connectivity index (χ1) is 42.1. The van der Waals surface area contributed by atoms with Gasteiger partial charge in [-0.2, -0.15) is 0 Å². The lowest BCUT2D eigenvalue weighted by Crippen LogP contribution is -2.69. The Morgan fingerprint density at radius 3 is 1.43 bits per heavy atom. The van der Waals surface area contributed by atoms with Gasteiger partial charge in [-0.3, -0.25) is 0 Å². The summed E-state index contributed by atoms with van der Waals surface area (Å²) >= 11 is 0. The van der Waals surface area contributed by atoms with Crippen LogP contribution in [0.2, 0.25) is 0 Å². The molecule has 0 aromatic heterocycles. The molecule has 5 saturated heterocycles. The van der Waals surface area contributed by atoms with Crippen LogP contribution in [0.1, 0.15) is 93.4 Å². The minimum atomic E-state index is -2.00. The summed E-state index contributed by atoms with van der Waals surface area (Å²) < 4.78 is 60.0. The summed E-state index contributed by atoms with van der Waals surface area (Å²) in [6.45, 7) is 15.6. The quantitative estimate of drug-likeness (QED) is 0.0506. The second kappa shape index (κ2) is 26.3. The van der Waals surface area contributed by atoms with Crippen molar-refractivity contribution >= 4 is 0 Å². The topological polar surface area (TPSA) is 477 Å². The largest absolute Gasteiger partial charge is 0.394 e. The third-order valence-corrected chi connectivity index (χ3v) is 23.8. The van der Waals surface area contributed by atoms with E-state index in [0.717, 1.165) is 18.4 Å². The van der Waals surface area contributed by atoms with Crippen molar-refractivity contribution in [1.29, 1.82) is 0 Å². The lowest BCUT2D eigenvalue weighted by Gasteiger charge is -2.72. The highest BCUT2D eigenvalue weighted by molar-refractivity contribution is 5.42. The molecule has 0 bridgehead atoms. The molecule has 0 aromatic carbocycles. The van der Waals surface area contributed by atoms with E-state index in [9.17, 15) is 97.0 Å². The van der Waals surface area contributed by atoms with Crippen LogP contribution in [0.4, 0.5) is 0 Å². The van der Waals surface area contributed by atoms with E-state index in [1.54, 1.807) is 0 Å². The molecule has 5 aliphatic heterocycles. The van der Waals surface area contributed by atoms with Gasteiger partial charge in [0.15, 0.2) is 31.5 Å². The van der Waals surface area contributed by atoms with Crippen LogP contribution in [-0.2, 0) is 47.4 Å². The van der Waals surface area contributed by atoms with Crippen molar-refractivity contribution in [2.24, 2.45) is 50.2 Å². The average Bonchev–Trinajstić information content (AvgIpc) is 0.671. The normalized spacial score (nSPS) is 54.4. The number of fused-ring (bicyclic) bond motifs is 7. The summed E-state index contributed by atoms with van der Waals surface area (Å²) in [4.78, 5) is 0. The highest BCUT2D eigenvalue weighted by Crippen LogP contribution is 2.76. The van der Waals surface area contributed by atoms with Gasteiger partial charge in [-0.15, -0.1) is 0 Å². The number of aliphatic hydroxyl groups is 19. The number of allylic oxidation sites excluding steroid dienone is 2. The van der Waals surface area contributed by atoms with Crippen molar-refractivity contribution in [3.63, 3.8) is 0 Å². The van der Waals surface area contributed by atoms with Crippen LogP contribution >= 0.6 is 0 Å². The van der Waals surface area contributed by atoms with Crippen molar-refractivity contribution in [3.05, 3.63) is 23.8 Å². The summed E-state index contributed by atoms with van der Waals surface area (Å²) in [6.07, 6.45) is -39.6. The predicted molar refractivity (Wildman–Crippen MR) is 303 cm³/mol. The molecule has 5 aliphatic carbocycles. The number of aliphatic hydroxyl groups excluding tert-OH is 19. The molecule has 0 unspecified atom stereocenters. The fourth-order valence-electron chi connectivity index (χ4n) is 18.1. The molecule has 5 heterocycles. The predicted octanol–water partition coefficient (Wildman–Crippen LogP) is -5.63. The first-order valence-corrected chi connectivity index (χ1v) is 31.6. The lowest BCUT2D eigenvalue weighted by molar-refractivity contribution is -0.375. The van der Waals surface area contributed by atoms with Crippen molar-refractivity contribution in [1.82, 2.24) is 0 Å². The fourth-order valence-corrected chi connectivity index (χ4v) is 18.1. The zero-order chi connectivity index (χ0) is 66.0. The lowest BCUT2D eigenvalue weighted by atomic mass is 9.33. The van der Waals surface area contributed by atoms with Gasteiger partial charge in [0.25, 0.3) is 0 Å². The molecule has 90 heavy (non-hydrogen) atoms. The number of hydrogen-bond acceptors (Lipinski definition) is 29. The Bertz CT molecular complexity index is 2500. The molecule has 29 nitrogen and oxygen atoms in total. The molecule has 9 fully saturated rings. The van der Waals surface area contributed by atoms with E-state index in [1.807, 2.05) is 13.8 Å². The first kappa shape index (κ1) is 71.1. The van der Waals surface area contributed by atoms with Crippen molar-refractivity contribution in [2.75, 3.05) is 39.6 Å². The van der Waals surface area contributed by atoms with Crippen LogP contribution in [-0.4, -0.2) is 309 Å². The number of hydrogen-bond donors (Lipinski definition) is 19. The Kier molecular flexibility index (Phi) is 20.8. The van der Waals surface area contributed by atoms with Gasteiger partial charge in [-0.1, -0.05) is 72.3 Å². The molecular formula is C61H100O29. The average molecular weight is 1300 g/mol. The van der Waals surface area contributed by atoms with Crippen molar-refractivity contribution in [2.45, 2.75) is 265 Å². The molecule has 10 aliphatic rings. The summed E-state index contributed by atoms with van der Waals surface area (Å²) in [5.41, 5.74) is -2.74. The van der Waals surface area contributed by atoms with Gasteiger partial charge in [0.2, 0.25) is 0 Å². The van der Waals surface area contributed by atoms with Crippen molar-refractivity contribution < 1.29 is 144 Å². The van der Waals surface area contributed by atoms with Crippen LogP contribution in [0.3, 0.4) is 0 Å². The highest BCUT2D eigenvalue weighted by atomic mass is 16.8. The fraction of sp³-hybridized carbons (Fsp3) is 0.934. The van der Waals surface area contributed by atoms with Gasteiger partial charge in [0, 0.05) is 5.41 Å². The minimum absolute atomic E-state index is 0.0285. The molecule has 4 saturated carbocycles. The van der Waals surface area contributed by atoms with Gasteiger partial charge in [-0.25, -0.2) is 0 Å². The Balaban J connectivity index is 0.902. The summed E-state index contributed by atoms with van der Waals surface area (Å²) in [5.74, 6) is -0.469. The molecule has 0 spiro atoms. The van der Waals surface area contributed by atoms with Crippen LogP contribution in [0.25, 0.3) is 0 Å². The second-order valence-electron chi connectivity index (χ2n) is 29.4. The molecule has 19 N–H and O–H groups in total. The van der Waals surface area contributed by atoms with E-state index < -0.39 is 244 Å². The molecule has 0 amide bonds. The molecular weight excluding hydrogens is 1200 g/mol. The smallest absolute Gasteiger partial charge is 0.187 e. The Labute approximate surface area is 521 Å². The van der Waals surface area contributed by atoms with Crippen LogP contribution in [0.15, 0.2) is 23.8 Å². The zero-order valence-corrected chi connectivity index (χ0v) is 52.0. The Hall–Kier alpha value is -1.68. The molecule has 0 radical (unpaired) electrons. The standard InChI is InChI=1S/C61H100O29/c1-23-15-60(8)24(9-10-32-58(6)13-12-33(57(4,5)31(58)11-14-59(32,60)7)89-53-46(77)42(73)37(68)29(87-53)20-81-51-44(75)39(70)34(65)26(17-62)84-51)25-16-56(2,3)49(79)50(80)61(23,25)22-83-55-48(90-54-47(78)41(72)36(67)28(19-64)86-54)43(74)38(69)30(88-55)21-82-52-45(76)40(71)35(66)27(18-63)85-52/h9,25-55,62-80H,1,10-22H2,2-8H3/t25-,26+,27-,28-,29+,30-,31-,32+,33+,34+,35-,36-,37+,38-,39-,40+,41+,42-,43+,44+,45-,46+,47+,48-,49-,50-,51-,52-,53-,54-,55-,58-,59+,60+,61+/m0/s1. The highest BCUT2D eigenvalue weighted by Gasteiger charge is 2.72. The molecule has 35 atom stereocenters. The van der Waals surface area contributed by atoms with Gasteiger partial charge in [-0.05, 0) is 89.8 Å². The Morgan fingerprint density at radius 2 is 0.922 bits per heavy atom. The zero-order valence-electron chi connectivity index (χ0n) is 52.0. The third kappa shape index (κ3) is 11.6. The summed E-state index contributed by atoms with van der Waals surface area (Å²) in [7, 11) is 0. The van der Waals surface area contributed by atoms with E-state index in [0.29, 0.717) is 37.7 Å². The van der Waals surface area contributed by atoms with Crippen LogP contribution < -0.4 is 0 Å². The number of ether oxygens (including phenoxy) is 10. The summed E-state index contributed by atoms with van der Waals surface area (Å²) in [5, 5.41) is 207. The third-order valence-electron chi connectivity index (χ3n) is 23.8. The van der Waals surface area contributed by atoms with E-state index in [4.69, 9.17) is 53.9 Å². The monoisotopic (exact) mass is 1300 g/mol. The maximum atomic E-state index is 12.8. The Morgan fingerprint density at radius 1 is 0.478 bits per heavy atom. The molecule has 29 heteroatoms. The van der Waals surface area contributed by atoms with E-state index in [-0.39, 0.29) is 17.3 Å².